The van der Waals surface area contributed by atoms with E-state index in [0.717, 1.165) is 23.8 Å². The zero-order valence-electron chi connectivity index (χ0n) is 7.76. The third-order valence-electron chi connectivity index (χ3n) is 4.09. The molecule has 0 aromatic heterocycles. The molecule has 1 N–H and O–H groups in total. The number of rotatable bonds is 2. The van der Waals surface area contributed by atoms with Gasteiger partial charge in [0.25, 0.3) is 0 Å². The fourth-order valence-corrected chi connectivity index (χ4v) is 3.18. The smallest absolute Gasteiger partial charge is 0.00957 e. The molecule has 4 aliphatic rings. The van der Waals surface area contributed by atoms with Crippen LogP contribution < -0.4 is 5.32 Å². The monoisotopic (exact) mass is 165 g/mol. The van der Waals surface area contributed by atoms with Crippen LogP contribution >= 0.6 is 0 Å². The Morgan fingerprint density at radius 2 is 2.00 bits per heavy atom. The molecule has 2 heterocycles. The quantitative estimate of drug-likeness (QED) is 0.661. The molecule has 2 saturated heterocycles. The minimum Gasteiger partial charge on any atom is -0.313 e. The van der Waals surface area contributed by atoms with Crippen molar-refractivity contribution in [1.82, 2.24) is 5.32 Å². The number of hydrogen-bond acceptors (Lipinski definition) is 1. The first-order valence-electron chi connectivity index (χ1n) is 5.65. The molecule has 0 radical (unpaired) electrons. The van der Waals surface area contributed by atoms with Crippen molar-refractivity contribution in [3.8, 4) is 0 Å². The Balaban J connectivity index is 1.62. The van der Waals surface area contributed by atoms with E-state index in [1.807, 2.05) is 0 Å². The number of hydrogen-bond donors (Lipinski definition) is 1. The van der Waals surface area contributed by atoms with Gasteiger partial charge in [-0.1, -0.05) is 12.8 Å². The Kier molecular flexibility index (Phi) is 1.68. The molecule has 2 aliphatic carbocycles. The molecule has 1 heteroatoms. The molecule has 3 atom stereocenters. The average molecular weight is 165 g/mol. The van der Waals surface area contributed by atoms with E-state index >= 15 is 0 Å². The molecule has 2 bridgehead atoms. The summed E-state index contributed by atoms with van der Waals surface area (Å²) in [5, 5.41) is 3.70. The minimum atomic E-state index is 0.913. The van der Waals surface area contributed by atoms with Crippen LogP contribution in [-0.4, -0.2) is 12.6 Å². The van der Waals surface area contributed by atoms with Crippen molar-refractivity contribution in [1.29, 1.82) is 0 Å². The summed E-state index contributed by atoms with van der Waals surface area (Å²) in [7, 11) is 0. The van der Waals surface area contributed by atoms with E-state index in [1.165, 1.54) is 32.2 Å². The van der Waals surface area contributed by atoms with E-state index in [0.29, 0.717) is 0 Å². The predicted molar refractivity (Wildman–Crippen MR) is 50.0 cm³/mol. The summed E-state index contributed by atoms with van der Waals surface area (Å²) < 4.78 is 0. The van der Waals surface area contributed by atoms with Gasteiger partial charge in [-0.3, -0.25) is 0 Å². The second kappa shape index (κ2) is 2.73. The highest BCUT2D eigenvalue weighted by molar-refractivity contribution is 4.93. The topological polar surface area (TPSA) is 12.0 Å². The second-order valence-corrected chi connectivity index (χ2v) is 5.13. The third-order valence-corrected chi connectivity index (χ3v) is 4.09. The number of fused-ring (bicyclic) bond motifs is 3. The van der Waals surface area contributed by atoms with Crippen molar-refractivity contribution in [2.45, 2.75) is 44.6 Å². The van der Waals surface area contributed by atoms with Crippen molar-refractivity contribution >= 4 is 0 Å². The van der Waals surface area contributed by atoms with Crippen LogP contribution in [0, 0.1) is 17.8 Å². The average Bonchev–Trinajstić information content (AvgIpc) is 2.90. The molecular weight excluding hydrogens is 146 g/mol. The van der Waals surface area contributed by atoms with Gasteiger partial charge in [0.15, 0.2) is 0 Å². The fourth-order valence-electron chi connectivity index (χ4n) is 3.18. The maximum absolute atomic E-state index is 3.70. The molecule has 4 rings (SSSR count). The van der Waals surface area contributed by atoms with Crippen LogP contribution in [0.2, 0.25) is 0 Å². The van der Waals surface area contributed by atoms with Crippen LogP contribution in [-0.2, 0) is 0 Å². The number of nitrogens with one attached hydrogen (secondary N) is 1. The van der Waals surface area contributed by atoms with Crippen LogP contribution in [0.3, 0.4) is 0 Å². The molecule has 0 aromatic rings. The molecule has 4 fully saturated rings. The zero-order valence-corrected chi connectivity index (χ0v) is 7.76. The highest BCUT2D eigenvalue weighted by Crippen LogP contribution is 2.43. The third kappa shape index (κ3) is 1.28. The standard InChI is InChI=1S/C11H19N/c1-2-8(1)5-10-6-9-3-4-11(10)12-7-9/h8-12H,1-7H2/t9-,10+,11+/m1/s1. The Labute approximate surface area is 74.9 Å². The molecule has 68 valence electrons. The largest absolute Gasteiger partial charge is 0.313 e. The van der Waals surface area contributed by atoms with Gasteiger partial charge in [0.05, 0.1) is 0 Å². The van der Waals surface area contributed by atoms with Gasteiger partial charge in [-0.05, 0) is 50.0 Å². The molecule has 0 aromatic carbocycles. The Hall–Kier alpha value is -0.0400. The first kappa shape index (κ1) is 7.37. The van der Waals surface area contributed by atoms with E-state index in [1.54, 1.807) is 12.8 Å². The molecule has 0 amide bonds. The summed E-state index contributed by atoms with van der Waals surface area (Å²) in [5.41, 5.74) is 0. The summed E-state index contributed by atoms with van der Waals surface area (Å²) in [5.74, 6) is 3.24. The Bertz CT molecular complexity index is 164. The van der Waals surface area contributed by atoms with E-state index in [4.69, 9.17) is 0 Å². The predicted octanol–water partition coefficient (Wildman–Crippen LogP) is 2.17. The van der Waals surface area contributed by atoms with Gasteiger partial charge < -0.3 is 5.32 Å². The van der Waals surface area contributed by atoms with Gasteiger partial charge in [-0.15, -0.1) is 0 Å². The zero-order chi connectivity index (χ0) is 7.97. The SMILES string of the molecule is C1CC1C[C@H]1C[C@H]2CC[C@@H]1NC2. The Morgan fingerprint density at radius 1 is 1.08 bits per heavy atom. The highest BCUT2D eigenvalue weighted by atomic mass is 15.0. The maximum Gasteiger partial charge on any atom is 0.00957 e. The first-order valence-corrected chi connectivity index (χ1v) is 5.65. The summed E-state index contributed by atoms with van der Waals surface area (Å²) in [6, 6.07) is 0.913. The van der Waals surface area contributed by atoms with Gasteiger partial charge in [0.2, 0.25) is 0 Å². The minimum absolute atomic E-state index is 0.913. The molecule has 2 aliphatic heterocycles. The lowest BCUT2D eigenvalue weighted by molar-refractivity contribution is 0.127. The lowest BCUT2D eigenvalue weighted by atomic mass is 9.72. The summed E-state index contributed by atoms with van der Waals surface area (Å²) in [6.45, 7) is 1.33. The van der Waals surface area contributed by atoms with Crippen molar-refractivity contribution in [3.05, 3.63) is 0 Å². The second-order valence-electron chi connectivity index (χ2n) is 5.13. The van der Waals surface area contributed by atoms with Gasteiger partial charge in [0, 0.05) is 6.04 Å². The van der Waals surface area contributed by atoms with Crippen LogP contribution in [0.25, 0.3) is 0 Å². The van der Waals surface area contributed by atoms with Gasteiger partial charge >= 0.3 is 0 Å². The molecule has 2 saturated carbocycles. The summed E-state index contributed by atoms with van der Waals surface area (Å²) >= 11 is 0. The van der Waals surface area contributed by atoms with E-state index in [9.17, 15) is 0 Å². The molecule has 1 nitrogen and oxygen atoms in total. The van der Waals surface area contributed by atoms with Crippen molar-refractivity contribution in [2.75, 3.05) is 6.54 Å². The van der Waals surface area contributed by atoms with Crippen LogP contribution in [0.1, 0.15) is 38.5 Å². The van der Waals surface area contributed by atoms with Gasteiger partial charge in [0.1, 0.15) is 0 Å². The van der Waals surface area contributed by atoms with Crippen LogP contribution in [0.4, 0.5) is 0 Å². The normalized spacial score (nSPS) is 46.5. The molecular formula is C11H19N. The summed E-state index contributed by atoms with van der Waals surface area (Å²) in [6.07, 6.45) is 9.16. The van der Waals surface area contributed by atoms with Crippen molar-refractivity contribution in [2.24, 2.45) is 17.8 Å². The maximum atomic E-state index is 3.70. The molecule has 0 unspecified atom stereocenters. The lowest BCUT2D eigenvalue weighted by Crippen LogP contribution is -2.50. The number of piperidine rings is 2. The van der Waals surface area contributed by atoms with Crippen LogP contribution in [0.15, 0.2) is 0 Å². The van der Waals surface area contributed by atoms with Crippen LogP contribution in [0.5, 0.6) is 0 Å². The molecule has 12 heavy (non-hydrogen) atoms. The van der Waals surface area contributed by atoms with E-state index in [-0.39, 0.29) is 0 Å². The first-order chi connectivity index (χ1) is 5.92. The van der Waals surface area contributed by atoms with E-state index < -0.39 is 0 Å². The van der Waals surface area contributed by atoms with Crippen molar-refractivity contribution < 1.29 is 0 Å². The molecule has 0 spiro atoms. The Morgan fingerprint density at radius 3 is 2.50 bits per heavy atom. The fraction of sp³-hybridized carbons (Fsp3) is 1.00. The van der Waals surface area contributed by atoms with Gasteiger partial charge in [-0.2, -0.15) is 0 Å². The van der Waals surface area contributed by atoms with Gasteiger partial charge in [-0.25, -0.2) is 0 Å². The highest BCUT2D eigenvalue weighted by Gasteiger charge is 2.37. The summed E-state index contributed by atoms with van der Waals surface area (Å²) in [4.78, 5) is 0. The lowest BCUT2D eigenvalue weighted by Gasteiger charge is -2.43. The van der Waals surface area contributed by atoms with E-state index in [2.05, 4.69) is 5.32 Å². The van der Waals surface area contributed by atoms with Crippen molar-refractivity contribution in [3.63, 3.8) is 0 Å².